The molecular formula is C23H21N3O3. The summed E-state index contributed by atoms with van der Waals surface area (Å²) < 4.78 is 16.6. The number of rotatable bonds is 7. The number of para-hydroxylation sites is 1. The highest BCUT2D eigenvalue weighted by atomic mass is 16.5. The van der Waals surface area contributed by atoms with E-state index in [4.69, 9.17) is 19.2 Å². The van der Waals surface area contributed by atoms with Crippen molar-refractivity contribution in [2.45, 2.75) is 12.5 Å². The fraction of sp³-hybridized carbons (Fsp3) is 0.174. The molecule has 1 unspecified atom stereocenters. The van der Waals surface area contributed by atoms with Gasteiger partial charge in [0.2, 0.25) is 11.8 Å². The Hall–Kier alpha value is -3.67. The van der Waals surface area contributed by atoms with E-state index in [0.717, 1.165) is 22.2 Å². The van der Waals surface area contributed by atoms with Crippen LogP contribution < -0.4 is 14.2 Å². The Morgan fingerprint density at radius 1 is 0.759 bits per heavy atom. The van der Waals surface area contributed by atoms with Crippen LogP contribution in [0.3, 0.4) is 0 Å². The third-order valence-electron chi connectivity index (χ3n) is 4.55. The van der Waals surface area contributed by atoms with Gasteiger partial charge in [-0.15, -0.1) is 0 Å². The summed E-state index contributed by atoms with van der Waals surface area (Å²) in [6.07, 6.45) is 0.249. The van der Waals surface area contributed by atoms with Crippen LogP contribution in [-0.2, 0) is 6.42 Å². The van der Waals surface area contributed by atoms with Crippen LogP contribution in [0.15, 0.2) is 72.8 Å². The van der Waals surface area contributed by atoms with Crippen LogP contribution in [0.25, 0.3) is 10.9 Å². The number of hydrogen-bond donors (Lipinski definition) is 0. The Balaban J connectivity index is 1.66. The monoisotopic (exact) mass is 387 g/mol. The summed E-state index contributed by atoms with van der Waals surface area (Å²) in [5.41, 5.74) is 2.89. The summed E-state index contributed by atoms with van der Waals surface area (Å²) in [5, 5.41) is 1.11. The maximum absolute atomic E-state index is 6.18. The normalized spacial score (nSPS) is 11.8. The quantitative estimate of drug-likeness (QED) is 0.468. The zero-order valence-electron chi connectivity index (χ0n) is 16.3. The Bertz CT molecular complexity index is 1080. The zero-order valence-corrected chi connectivity index (χ0v) is 16.3. The predicted octanol–water partition coefficient (Wildman–Crippen LogP) is 4.40. The van der Waals surface area contributed by atoms with Gasteiger partial charge >= 0.3 is 6.01 Å². The van der Waals surface area contributed by atoms with E-state index in [9.17, 15) is 0 Å². The number of ether oxygens (including phenoxy) is 3. The lowest BCUT2D eigenvalue weighted by atomic mass is 10.0. The van der Waals surface area contributed by atoms with Crippen molar-refractivity contribution in [2.75, 3.05) is 14.2 Å². The second kappa shape index (κ2) is 8.56. The van der Waals surface area contributed by atoms with Crippen molar-refractivity contribution in [1.29, 1.82) is 0 Å². The molecule has 4 aromatic rings. The van der Waals surface area contributed by atoms with Crippen LogP contribution >= 0.6 is 0 Å². The van der Waals surface area contributed by atoms with Crippen molar-refractivity contribution in [3.63, 3.8) is 0 Å². The van der Waals surface area contributed by atoms with Gasteiger partial charge in [-0.1, -0.05) is 54.6 Å². The summed E-state index contributed by atoms with van der Waals surface area (Å²) in [6.45, 7) is 0. The van der Waals surface area contributed by atoms with E-state index in [1.807, 2.05) is 60.7 Å². The average molecular weight is 387 g/mol. The molecular weight excluding hydrogens is 366 g/mol. The number of aromatic nitrogens is 3. The third kappa shape index (κ3) is 4.43. The number of fused-ring (bicyclic) bond motifs is 1. The Kier molecular flexibility index (Phi) is 5.52. The van der Waals surface area contributed by atoms with Gasteiger partial charge in [-0.25, -0.2) is 0 Å². The van der Waals surface area contributed by atoms with Gasteiger partial charge in [0.25, 0.3) is 0 Å². The lowest BCUT2D eigenvalue weighted by Crippen LogP contribution is -2.14. The first-order chi connectivity index (χ1) is 14.2. The van der Waals surface area contributed by atoms with Gasteiger partial charge in [0, 0.05) is 17.5 Å². The SMILES string of the molecule is COc1cc(OC)nc(OC(Cc2ccc3ccccc3n2)c2ccccc2)n1. The molecule has 6 nitrogen and oxygen atoms in total. The molecule has 0 aliphatic carbocycles. The van der Waals surface area contributed by atoms with E-state index in [0.29, 0.717) is 18.2 Å². The van der Waals surface area contributed by atoms with Crippen LogP contribution in [0, 0.1) is 0 Å². The van der Waals surface area contributed by atoms with Gasteiger partial charge in [0.05, 0.1) is 25.8 Å². The van der Waals surface area contributed by atoms with Gasteiger partial charge in [-0.3, -0.25) is 4.98 Å². The first-order valence-electron chi connectivity index (χ1n) is 9.28. The summed E-state index contributed by atoms with van der Waals surface area (Å²) in [4.78, 5) is 13.4. The van der Waals surface area contributed by atoms with Gasteiger partial charge in [0.1, 0.15) is 6.10 Å². The average Bonchev–Trinajstić information content (AvgIpc) is 2.79. The van der Waals surface area contributed by atoms with E-state index < -0.39 is 0 Å². The minimum absolute atomic E-state index is 0.191. The number of benzene rings is 2. The molecule has 1 atom stereocenters. The van der Waals surface area contributed by atoms with E-state index in [1.54, 1.807) is 20.3 Å². The largest absolute Gasteiger partial charge is 0.481 e. The molecule has 2 aromatic carbocycles. The summed E-state index contributed by atoms with van der Waals surface area (Å²) in [6, 6.07) is 23.9. The highest BCUT2D eigenvalue weighted by molar-refractivity contribution is 5.78. The third-order valence-corrected chi connectivity index (χ3v) is 4.55. The second-order valence-electron chi connectivity index (χ2n) is 6.45. The zero-order chi connectivity index (χ0) is 20.1. The fourth-order valence-electron chi connectivity index (χ4n) is 3.08. The molecule has 4 rings (SSSR count). The minimum Gasteiger partial charge on any atom is -0.481 e. The first-order valence-corrected chi connectivity index (χ1v) is 9.28. The van der Waals surface area contributed by atoms with Crippen LogP contribution in [0.4, 0.5) is 0 Å². The van der Waals surface area contributed by atoms with Crippen LogP contribution in [-0.4, -0.2) is 29.2 Å². The maximum atomic E-state index is 6.18. The molecule has 0 N–H and O–H groups in total. The molecule has 0 spiro atoms. The van der Waals surface area contributed by atoms with Crippen molar-refractivity contribution >= 4 is 10.9 Å². The molecule has 0 radical (unpaired) electrons. The van der Waals surface area contributed by atoms with E-state index in [2.05, 4.69) is 16.0 Å². The molecule has 0 aliphatic rings. The van der Waals surface area contributed by atoms with E-state index >= 15 is 0 Å². The molecule has 29 heavy (non-hydrogen) atoms. The number of methoxy groups -OCH3 is 2. The number of pyridine rings is 1. The molecule has 0 fully saturated rings. The first kappa shape index (κ1) is 18.7. The molecule has 2 heterocycles. The predicted molar refractivity (Wildman–Crippen MR) is 110 cm³/mol. The highest BCUT2D eigenvalue weighted by Crippen LogP contribution is 2.27. The van der Waals surface area contributed by atoms with Crippen LogP contribution in [0.5, 0.6) is 17.8 Å². The van der Waals surface area contributed by atoms with Crippen molar-refractivity contribution in [1.82, 2.24) is 15.0 Å². The van der Waals surface area contributed by atoms with Crippen LogP contribution in [0.1, 0.15) is 17.4 Å². The molecule has 0 amide bonds. The number of nitrogens with zero attached hydrogens (tertiary/aromatic N) is 3. The molecule has 0 saturated carbocycles. The Labute approximate surface area is 169 Å². The molecule has 0 aliphatic heterocycles. The van der Waals surface area contributed by atoms with Crippen molar-refractivity contribution in [3.05, 3.63) is 84.1 Å². The molecule has 0 saturated heterocycles. The van der Waals surface area contributed by atoms with Crippen LogP contribution in [0.2, 0.25) is 0 Å². The van der Waals surface area contributed by atoms with Crippen molar-refractivity contribution < 1.29 is 14.2 Å². The van der Waals surface area contributed by atoms with Gasteiger partial charge < -0.3 is 14.2 Å². The standard InChI is InChI=1S/C23H21N3O3/c1-27-21-15-22(28-2)26-23(25-21)29-20(17-9-4-3-5-10-17)14-18-13-12-16-8-6-7-11-19(16)24-18/h3-13,15,20H,14H2,1-2H3. The molecule has 2 aromatic heterocycles. The molecule has 146 valence electrons. The molecule has 0 bridgehead atoms. The molecule has 6 heteroatoms. The van der Waals surface area contributed by atoms with Crippen molar-refractivity contribution in [3.8, 4) is 17.8 Å². The Morgan fingerprint density at radius 2 is 1.45 bits per heavy atom. The van der Waals surface area contributed by atoms with Gasteiger partial charge in [-0.05, 0) is 17.7 Å². The second-order valence-corrected chi connectivity index (χ2v) is 6.45. The van der Waals surface area contributed by atoms with Crippen molar-refractivity contribution in [2.24, 2.45) is 0 Å². The summed E-state index contributed by atoms with van der Waals surface area (Å²) in [5.74, 6) is 0.755. The number of hydrogen-bond acceptors (Lipinski definition) is 6. The minimum atomic E-state index is -0.318. The lowest BCUT2D eigenvalue weighted by Gasteiger charge is -2.19. The van der Waals surface area contributed by atoms with E-state index in [1.165, 1.54) is 0 Å². The Morgan fingerprint density at radius 3 is 2.17 bits per heavy atom. The lowest BCUT2D eigenvalue weighted by molar-refractivity contribution is 0.182. The van der Waals surface area contributed by atoms with E-state index in [-0.39, 0.29) is 12.1 Å². The van der Waals surface area contributed by atoms with Gasteiger partial charge in [0.15, 0.2) is 0 Å². The smallest absolute Gasteiger partial charge is 0.323 e. The summed E-state index contributed by atoms with van der Waals surface area (Å²) in [7, 11) is 3.08. The van der Waals surface area contributed by atoms with Gasteiger partial charge in [-0.2, -0.15) is 9.97 Å². The highest BCUT2D eigenvalue weighted by Gasteiger charge is 2.18. The topological polar surface area (TPSA) is 66.4 Å². The maximum Gasteiger partial charge on any atom is 0.323 e. The summed E-state index contributed by atoms with van der Waals surface area (Å²) >= 11 is 0. The fourth-order valence-corrected chi connectivity index (χ4v) is 3.08.